The minimum Gasteiger partial charge on any atom is -0.494 e. The van der Waals surface area contributed by atoms with Gasteiger partial charge in [-0.1, -0.05) is 6.07 Å². The molecule has 2 saturated carbocycles. The van der Waals surface area contributed by atoms with Crippen molar-refractivity contribution in [2.45, 2.75) is 50.6 Å². The second-order valence-electron chi connectivity index (χ2n) is 7.63. The Kier molecular flexibility index (Phi) is 6.31. The predicted molar refractivity (Wildman–Crippen MR) is 98.2 cm³/mol. The van der Waals surface area contributed by atoms with Crippen LogP contribution in [0.2, 0.25) is 0 Å². The third-order valence-electron chi connectivity index (χ3n) is 5.38. The maximum Gasteiger partial charge on any atom is 0.317 e. The van der Waals surface area contributed by atoms with Crippen LogP contribution in [0.3, 0.4) is 0 Å². The summed E-state index contributed by atoms with van der Waals surface area (Å²) >= 11 is 0. The molecule has 1 aromatic rings. The summed E-state index contributed by atoms with van der Waals surface area (Å²) in [5.74, 6) is -0.438. The highest BCUT2D eigenvalue weighted by molar-refractivity contribution is 5.76. The topological polar surface area (TPSA) is 78.9 Å². The Morgan fingerprint density at radius 1 is 1.33 bits per heavy atom. The molecule has 0 spiro atoms. The summed E-state index contributed by atoms with van der Waals surface area (Å²) in [6.07, 6.45) is 4.74. The molecule has 1 amide bonds. The van der Waals surface area contributed by atoms with Crippen LogP contribution in [0.4, 0.5) is 4.39 Å². The summed E-state index contributed by atoms with van der Waals surface area (Å²) in [4.78, 5) is 25.2. The third-order valence-corrected chi connectivity index (χ3v) is 5.38. The van der Waals surface area contributed by atoms with Crippen molar-refractivity contribution < 1.29 is 23.8 Å². The zero-order valence-electron chi connectivity index (χ0n) is 15.6. The van der Waals surface area contributed by atoms with Gasteiger partial charge in [-0.2, -0.15) is 0 Å². The molecule has 3 rings (SSSR count). The molecule has 0 heterocycles. The highest BCUT2D eigenvalue weighted by atomic mass is 19.1. The van der Waals surface area contributed by atoms with Gasteiger partial charge >= 0.3 is 5.97 Å². The van der Waals surface area contributed by atoms with Crippen molar-refractivity contribution in [1.82, 2.24) is 10.2 Å². The third kappa shape index (κ3) is 5.66. The quantitative estimate of drug-likeness (QED) is 0.653. The number of amides is 1. The number of nitrogens with one attached hydrogen (secondary N) is 1. The van der Waals surface area contributed by atoms with Gasteiger partial charge in [-0.3, -0.25) is 14.5 Å². The molecule has 0 unspecified atom stereocenters. The number of aryl methyl sites for hydroxylation is 1. The number of carbonyl (C=O) groups excluding carboxylic acids is 1. The van der Waals surface area contributed by atoms with Gasteiger partial charge < -0.3 is 15.2 Å². The number of hydrogen-bond donors (Lipinski definition) is 2. The van der Waals surface area contributed by atoms with E-state index >= 15 is 0 Å². The van der Waals surface area contributed by atoms with E-state index in [0.29, 0.717) is 18.8 Å². The minimum atomic E-state index is -0.796. The summed E-state index contributed by atoms with van der Waals surface area (Å²) < 4.78 is 18.6. The molecule has 7 heteroatoms. The largest absolute Gasteiger partial charge is 0.494 e. The summed E-state index contributed by atoms with van der Waals surface area (Å²) in [6, 6.07) is 5.06. The zero-order chi connectivity index (χ0) is 19.4. The van der Waals surface area contributed by atoms with E-state index in [0.717, 1.165) is 24.9 Å². The van der Waals surface area contributed by atoms with Crippen molar-refractivity contribution in [3.63, 3.8) is 0 Å². The van der Waals surface area contributed by atoms with Crippen LogP contribution in [-0.4, -0.2) is 54.2 Å². The van der Waals surface area contributed by atoms with Crippen LogP contribution in [0, 0.1) is 11.7 Å². The standard InChI is InChI=1S/C20H27FN2O4/c1-27-18-6-4-13(8-17(18)21)5-7-19(24)22-15-9-16(10-15)23(12-20(25)26)11-14-2-3-14/h4,6,8,14-16H,2-3,5,7,9-12H2,1H3,(H,22,24)(H,25,26). The number of methoxy groups -OCH3 is 1. The van der Waals surface area contributed by atoms with Gasteiger partial charge in [0.1, 0.15) is 0 Å². The average molecular weight is 378 g/mol. The molecule has 0 aliphatic heterocycles. The maximum atomic E-state index is 13.7. The van der Waals surface area contributed by atoms with E-state index < -0.39 is 11.8 Å². The molecule has 0 saturated heterocycles. The van der Waals surface area contributed by atoms with E-state index in [1.54, 1.807) is 12.1 Å². The Bertz CT molecular complexity index is 687. The molecule has 2 fully saturated rings. The number of hydrogen-bond acceptors (Lipinski definition) is 4. The average Bonchev–Trinajstić information content (AvgIpc) is 3.39. The van der Waals surface area contributed by atoms with E-state index in [2.05, 4.69) is 5.32 Å². The Labute approximate surface area is 158 Å². The summed E-state index contributed by atoms with van der Waals surface area (Å²) in [5.41, 5.74) is 0.756. The molecule has 2 aliphatic rings. The fourth-order valence-corrected chi connectivity index (χ4v) is 3.58. The predicted octanol–water partition coefficient (Wildman–Crippen LogP) is 2.21. The van der Waals surface area contributed by atoms with E-state index in [9.17, 15) is 14.0 Å². The second-order valence-corrected chi connectivity index (χ2v) is 7.63. The molecule has 6 nitrogen and oxygen atoms in total. The highest BCUT2D eigenvalue weighted by Gasteiger charge is 2.37. The molecule has 0 bridgehead atoms. The number of benzene rings is 1. The Hall–Kier alpha value is -2.15. The van der Waals surface area contributed by atoms with Crippen LogP contribution < -0.4 is 10.1 Å². The van der Waals surface area contributed by atoms with E-state index in [1.807, 2.05) is 4.90 Å². The normalized spacial score (nSPS) is 21.6. The highest BCUT2D eigenvalue weighted by Crippen LogP contribution is 2.33. The van der Waals surface area contributed by atoms with Gasteiger partial charge in [0, 0.05) is 25.0 Å². The minimum absolute atomic E-state index is 0.0540. The van der Waals surface area contributed by atoms with Crippen molar-refractivity contribution in [3.05, 3.63) is 29.6 Å². The van der Waals surface area contributed by atoms with Gasteiger partial charge in [-0.25, -0.2) is 4.39 Å². The molecule has 2 aliphatic carbocycles. The lowest BCUT2D eigenvalue weighted by atomic mass is 9.85. The first-order chi connectivity index (χ1) is 12.9. The molecular weight excluding hydrogens is 351 g/mol. The number of rotatable bonds is 10. The van der Waals surface area contributed by atoms with Gasteiger partial charge in [-0.05, 0) is 55.7 Å². The lowest BCUT2D eigenvalue weighted by Gasteiger charge is -2.42. The smallest absolute Gasteiger partial charge is 0.317 e. The number of aliphatic carboxylic acids is 1. The monoisotopic (exact) mass is 378 g/mol. The molecule has 1 aromatic carbocycles. The molecule has 0 atom stereocenters. The van der Waals surface area contributed by atoms with Crippen LogP contribution in [-0.2, 0) is 16.0 Å². The summed E-state index contributed by atoms with van der Waals surface area (Å²) in [5, 5.41) is 12.1. The molecular formula is C20H27FN2O4. The van der Waals surface area contributed by atoms with Gasteiger partial charge in [0.15, 0.2) is 11.6 Å². The van der Waals surface area contributed by atoms with Gasteiger partial charge in [0.25, 0.3) is 0 Å². The number of nitrogens with zero attached hydrogens (tertiary/aromatic N) is 1. The maximum absolute atomic E-state index is 13.7. The van der Waals surface area contributed by atoms with Crippen LogP contribution in [0.25, 0.3) is 0 Å². The van der Waals surface area contributed by atoms with E-state index in [4.69, 9.17) is 9.84 Å². The van der Waals surface area contributed by atoms with Crippen molar-refractivity contribution in [2.24, 2.45) is 5.92 Å². The Morgan fingerprint density at radius 2 is 2.07 bits per heavy atom. The fraction of sp³-hybridized carbons (Fsp3) is 0.600. The lowest BCUT2D eigenvalue weighted by molar-refractivity contribution is -0.140. The number of carboxylic acids is 1. The molecule has 148 valence electrons. The molecule has 0 aromatic heterocycles. The lowest BCUT2D eigenvalue weighted by Crippen LogP contribution is -2.55. The van der Waals surface area contributed by atoms with E-state index in [-0.39, 0.29) is 30.3 Å². The first-order valence-electron chi connectivity index (χ1n) is 9.52. The second kappa shape index (κ2) is 8.69. The molecule has 27 heavy (non-hydrogen) atoms. The van der Waals surface area contributed by atoms with E-state index in [1.165, 1.54) is 26.0 Å². The Balaban J connectivity index is 1.39. The van der Waals surface area contributed by atoms with Crippen molar-refractivity contribution in [2.75, 3.05) is 20.2 Å². The number of ether oxygens (including phenoxy) is 1. The first kappa shape index (κ1) is 19.6. The summed E-state index contributed by atoms with van der Waals surface area (Å²) in [7, 11) is 1.42. The first-order valence-corrected chi connectivity index (χ1v) is 9.52. The van der Waals surface area contributed by atoms with Crippen LogP contribution in [0.15, 0.2) is 18.2 Å². The number of carbonyl (C=O) groups is 2. The van der Waals surface area contributed by atoms with Crippen molar-refractivity contribution in [1.29, 1.82) is 0 Å². The van der Waals surface area contributed by atoms with Crippen LogP contribution >= 0.6 is 0 Å². The van der Waals surface area contributed by atoms with Crippen molar-refractivity contribution >= 4 is 11.9 Å². The fourth-order valence-electron chi connectivity index (χ4n) is 3.58. The zero-order valence-corrected chi connectivity index (χ0v) is 15.6. The van der Waals surface area contributed by atoms with Crippen LogP contribution in [0.1, 0.15) is 37.7 Å². The van der Waals surface area contributed by atoms with Gasteiger partial charge in [0.05, 0.1) is 13.7 Å². The Morgan fingerprint density at radius 3 is 2.67 bits per heavy atom. The van der Waals surface area contributed by atoms with Crippen molar-refractivity contribution in [3.8, 4) is 5.75 Å². The summed E-state index contributed by atoms with van der Waals surface area (Å²) in [6.45, 7) is 0.922. The molecule has 0 radical (unpaired) electrons. The molecule has 2 N–H and O–H groups in total. The number of carboxylic acid groups (broad SMARTS) is 1. The number of halogens is 1. The van der Waals surface area contributed by atoms with Gasteiger partial charge in [-0.15, -0.1) is 0 Å². The van der Waals surface area contributed by atoms with Crippen LogP contribution in [0.5, 0.6) is 5.75 Å². The SMILES string of the molecule is COc1ccc(CCC(=O)NC2CC(N(CC(=O)O)CC3CC3)C2)cc1F. The van der Waals surface area contributed by atoms with Gasteiger partial charge in [0.2, 0.25) is 5.91 Å².